The van der Waals surface area contributed by atoms with Crippen LogP contribution in [0.5, 0.6) is 0 Å². The number of fused-ring (bicyclic) bond motifs is 5. The Labute approximate surface area is 121 Å². The summed E-state index contributed by atoms with van der Waals surface area (Å²) in [6.07, 6.45) is 5.53. The highest BCUT2D eigenvalue weighted by Gasteiger charge is 2.94. The topological polar surface area (TPSA) is 53.1 Å². The highest BCUT2D eigenvalue weighted by Crippen LogP contribution is 3.00. The second-order valence-corrected chi connectivity index (χ2v) is 9.84. The van der Waals surface area contributed by atoms with Gasteiger partial charge >= 0.3 is 0 Å². The molecule has 110 valence electrons. The summed E-state index contributed by atoms with van der Waals surface area (Å²) < 4.78 is 0. The third-order valence-electron chi connectivity index (χ3n) is 10.1. The number of nitrogens with two attached hydrogens (primary N) is 1. The summed E-state index contributed by atoms with van der Waals surface area (Å²) in [5.41, 5.74) is 8.83. The summed E-state index contributed by atoms with van der Waals surface area (Å²) >= 11 is 0. The maximum Gasteiger partial charge on any atom is 0.188 e. The summed E-state index contributed by atoms with van der Waals surface area (Å²) in [6.45, 7) is 12.4. The Balaban J connectivity index is 1.74. The smallest absolute Gasteiger partial charge is 0.188 e. The molecular weight excluding hydrogens is 246 g/mol. The van der Waals surface area contributed by atoms with E-state index in [1.54, 1.807) is 0 Å². The predicted octanol–water partition coefficient (Wildman–Crippen LogP) is 2.81. The molecular formula is C17H27N3. The van der Waals surface area contributed by atoms with Crippen molar-refractivity contribution in [2.75, 3.05) is 13.1 Å². The lowest BCUT2D eigenvalue weighted by Crippen LogP contribution is -2.70. The second kappa shape index (κ2) is 2.44. The van der Waals surface area contributed by atoms with Gasteiger partial charge in [-0.2, -0.15) is 0 Å². The SMILES string of the molecule is CC12CC34CN(C(=N)N)CC35CC1(C)C(C)(C5)C2(C)C4. The van der Waals surface area contributed by atoms with E-state index in [0.29, 0.717) is 38.4 Å². The number of guanidine groups is 1. The van der Waals surface area contributed by atoms with Crippen LogP contribution in [0.2, 0.25) is 0 Å². The van der Waals surface area contributed by atoms with Crippen LogP contribution in [-0.2, 0) is 0 Å². The quantitative estimate of drug-likeness (QED) is 0.527. The van der Waals surface area contributed by atoms with E-state index in [9.17, 15) is 0 Å². The maximum atomic E-state index is 7.90. The van der Waals surface area contributed by atoms with Crippen LogP contribution >= 0.6 is 0 Å². The first kappa shape index (κ1) is 11.9. The molecule has 3 nitrogen and oxygen atoms in total. The van der Waals surface area contributed by atoms with Crippen molar-refractivity contribution in [3.8, 4) is 0 Å². The minimum absolute atomic E-state index is 0.302. The van der Waals surface area contributed by atoms with Crippen molar-refractivity contribution in [2.24, 2.45) is 38.2 Å². The van der Waals surface area contributed by atoms with Gasteiger partial charge in [-0.05, 0) is 58.2 Å². The summed E-state index contributed by atoms with van der Waals surface area (Å²) in [5, 5.41) is 7.90. The minimum atomic E-state index is 0.302. The van der Waals surface area contributed by atoms with Gasteiger partial charge in [0, 0.05) is 13.1 Å². The Hall–Kier alpha value is -0.730. The van der Waals surface area contributed by atoms with Crippen LogP contribution in [0.3, 0.4) is 0 Å². The van der Waals surface area contributed by atoms with Gasteiger partial charge in [0.1, 0.15) is 0 Å². The fourth-order valence-corrected chi connectivity index (χ4v) is 9.03. The van der Waals surface area contributed by atoms with Crippen LogP contribution in [0, 0.1) is 37.9 Å². The fraction of sp³-hybridized carbons (Fsp3) is 0.941. The van der Waals surface area contributed by atoms with E-state index >= 15 is 0 Å². The van der Waals surface area contributed by atoms with Crippen molar-refractivity contribution in [1.82, 2.24) is 4.90 Å². The maximum absolute atomic E-state index is 7.90. The molecule has 1 heterocycles. The first-order valence-corrected chi connectivity index (χ1v) is 8.18. The van der Waals surface area contributed by atoms with Crippen molar-refractivity contribution < 1.29 is 0 Å². The van der Waals surface area contributed by atoms with Crippen LogP contribution in [0.4, 0.5) is 0 Å². The van der Waals surface area contributed by atoms with E-state index in [0.717, 1.165) is 13.1 Å². The third kappa shape index (κ3) is 0.675. The third-order valence-corrected chi connectivity index (χ3v) is 10.1. The normalized spacial score (nSPS) is 68.3. The standard InChI is InChI=1S/C17H27N3/c1-12-5-16-6-13(12,2)15(4)8-17(16,7-14(12,15)3)10-20(9-16)11(18)19/h5-10H2,1-4H3,(H3,18,19). The molecule has 2 spiro atoms. The number of likely N-dealkylation sites (tertiary alicyclic amines) is 1. The van der Waals surface area contributed by atoms with Gasteiger partial charge in [-0.3, -0.25) is 5.41 Å². The highest BCUT2D eigenvalue weighted by atomic mass is 15.3. The molecule has 20 heavy (non-hydrogen) atoms. The fourth-order valence-electron chi connectivity index (χ4n) is 9.03. The molecule has 0 bridgehead atoms. The van der Waals surface area contributed by atoms with Crippen LogP contribution in [0.1, 0.15) is 53.4 Å². The van der Waals surface area contributed by atoms with E-state index in [1.807, 2.05) is 0 Å². The molecule has 0 radical (unpaired) electrons. The zero-order chi connectivity index (χ0) is 14.4. The number of hydrogen-bond donors (Lipinski definition) is 2. The van der Waals surface area contributed by atoms with Gasteiger partial charge < -0.3 is 10.6 Å². The van der Waals surface area contributed by atoms with Gasteiger partial charge in [-0.15, -0.1) is 0 Å². The van der Waals surface area contributed by atoms with Gasteiger partial charge in [-0.1, -0.05) is 27.7 Å². The summed E-state index contributed by atoms with van der Waals surface area (Å²) in [6, 6.07) is 0. The van der Waals surface area contributed by atoms with Gasteiger partial charge in [0.05, 0.1) is 0 Å². The lowest BCUT2D eigenvalue weighted by molar-refractivity contribution is -0.283. The highest BCUT2D eigenvalue weighted by molar-refractivity contribution is 5.75. The molecule has 1 aliphatic heterocycles. The Morgan fingerprint density at radius 3 is 1.35 bits per heavy atom. The zero-order valence-electron chi connectivity index (χ0n) is 13.3. The second-order valence-electron chi connectivity index (χ2n) is 9.84. The van der Waals surface area contributed by atoms with Crippen molar-refractivity contribution in [3.63, 3.8) is 0 Å². The van der Waals surface area contributed by atoms with E-state index < -0.39 is 0 Å². The first-order valence-electron chi connectivity index (χ1n) is 8.18. The number of hydrogen-bond acceptors (Lipinski definition) is 1. The lowest BCUT2D eigenvalue weighted by atomic mass is 9.28. The molecule has 3 heteroatoms. The van der Waals surface area contributed by atoms with Crippen LogP contribution in [0.15, 0.2) is 0 Å². The molecule has 0 atom stereocenters. The van der Waals surface area contributed by atoms with Crippen molar-refractivity contribution in [3.05, 3.63) is 0 Å². The van der Waals surface area contributed by atoms with Crippen molar-refractivity contribution >= 4 is 5.96 Å². The molecule has 0 amide bonds. The number of nitrogens with zero attached hydrogens (tertiary/aromatic N) is 1. The lowest BCUT2D eigenvalue weighted by Gasteiger charge is -2.76. The van der Waals surface area contributed by atoms with Gasteiger partial charge in [0.15, 0.2) is 5.96 Å². The van der Waals surface area contributed by atoms with Crippen LogP contribution in [0.25, 0.3) is 0 Å². The van der Waals surface area contributed by atoms with E-state index in [2.05, 4.69) is 32.6 Å². The molecule has 4 fully saturated rings. The predicted molar refractivity (Wildman–Crippen MR) is 79.2 cm³/mol. The van der Waals surface area contributed by atoms with Gasteiger partial charge in [0.2, 0.25) is 0 Å². The molecule has 0 aromatic carbocycles. The zero-order valence-corrected chi connectivity index (χ0v) is 13.3. The molecule has 0 aromatic rings. The molecule has 1 saturated heterocycles. The Kier molecular flexibility index (Phi) is 1.45. The average molecular weight is 273 g/mol. The van der Waals surface area contributed by atoms with E-state index in [4.69, 9.17) is 11.1 Å². The van der Waals surface area contributed by atoms with E-state index in [1.165, 1.54) is 25.7 Å². The van der Waals surface area contributed by atoms with Gasteiger partial charge in [0.25, 0.3) is 0 Å². The van der Waals surface area contributed by atoms with E-state index in [-0.39, 0.29) is 0 Å². The van der Waals surface area contributed by atoms with Crippen LogP contribution < -0.4 is 5.73 Å². The molecule has 0 unspecified atom stereocenters. The molecule has 4 rings (SSSR count). The van der Waals surface area contributed by atoms with Crippen molar-refractivity contribution in [2.45, 2.75) is 53.4 Å². The molecule has 3 aliphatic carbocycles. The Morgan fingerprint density at radius 1 is 0.800 bits per heavy atom. The minimum Gasteiger partial charge on any atom is -0.370 e. The Bertz CT molecular complexity index is 491. The summed E-state index contributed by atoms with van der Waals surface area (Å²) in [7, 11) is 0. The Morgan fingerprint density at radius 2 is 1.10 bits per heavy atom. The summed E-state index contributed by atoms with van der Waals surface area (Å²) in [4.78, 5) is 2.19. The number of nitrogens with one attached hydrogen (secondary N) is 1. The van der Waals surface area contributed by atoms with Gasteiger partial charge in [-0.25, -0.2) is 0 Å². The number of rotatable bonds is 0. The summed E-state index contributed by atoms with van der Waals surface area (Å²) in [5.74, 6) is 0.302. The molecule has 3 N–H and O–H groups in total. The first-order chi connectivity index (χ1) is 9.09. The average Bonchev–Trinajstić information content (AvgIpc) is 2.79. The van der Waals surface area contributed by atoms with Crippen LogP contribution in [-0.4, -0.2) is 23.9 Å². The molecule has 3 saturated carbocycles. The molecule has 0 aromatic heterocycles. The monoisotopic (exact) mass is 273 g/mol. The molecule has 4 aliphatic rings. The largest absolute Gasteiger partial charge is 0.370 e. The van der Waals surface area contributed by atoms with Crippen molar-refractivity contribution in [1.29, 1.82) is 5.41 Å².